The molecule has 2 N–H and O–H groups in total. The number of nitrogens with two attached hydrogens (primary N) is 1. The Hall–Kier alpha value is -1.62. The molecule has 0 unspecified atom stereocenters. The zero-order valence-electron chi connectivity index (χ0n) is 7.48. The van der Waals surface area contributed by atoms with Crippen molar-refractivity contribution in [1.29, 1.82) is 0 Å². The number of anilines is 1. The minimum atomic E-state index is 0.153. The van der Waals surface area contributed by atoms with E-state index in [4.69, 9.17) is 17.3 Å². The van der Waals surface area contributed by atoms with Crippen molar-refractivity contribution in [2.24, 2.45) is 0 Å². The predicted molar refractivity (Wildman–Crippen MR) is 53.3 cm³/mol. The van der Waals surface area contributed by atoms with Crippen molar-refractivity contribution in [3.8, 4) is 5.82 Å². The van der Waals surface area contributed by atoms with E-state index in [2.05, 4.69) is 15.0 Å². The summed E-state index contributed by atoms with van der Waals surface area (Å²) in [5, 5.41) is 0.320. The van der Waals surface area contributed by atoms with Gasteiger partial charge < -0.3 is 5.73 Å². The van der Waals surface area contributed by atoms with Crippen LogP contribution in [0.25, 0.3) is 5.82 Å². The number of nitrogen functional groups attached to an aromatic ring is 1. The van der Waals surface area contributed by atoms with Crippen molar-refractivity contribution in [3.63, 3.8) is 0 Å². The molecule has 2 aromatic heterocycles. The molecule has 0 spiro atoms. The summed E-state index contributed by atoms with van der Waals surface area (Å²) >= 11 is 5.75. The molecule has 0 aliphatic carbocycles. The molecule has 0 radical (unpaired) electrons. The van der Waals surface area contributed by atoms with Crippen LogP contribution in [-0.4, -0.2) is 19.5 Å². The molecule has 0 amide bonds. The monoisotopic (exact) mass is 209 g/mol. The number of halogens is 1. The van der Waals surface area contributed by atoms with Gasteiger partial charge in [0.15, 0.2) is 0 Å². The van der Waals surface area contributed by atoms with Crippen LogP contribution in [0.5, 0.6) is 0 Å². The minimum absolute atomic E-state index is 0.153. The highest BCUT2D eigenvalue weighted by Gasteiger charge is 2.04. The number of aromatic nitrogens is 4. The molecule has 5 nitrogen and oxygen atoms in total. The molecular weight excluding hydrogens is 202 g/mol. The highest BCUT2D eigenvalue weighted by Crippen LogP contribution is 2.13. The van der Waals surface area contributed by atoms with E-state index in [0.717, 1.165) is 5.82 Å². The highest BCUT2D eigenvalue weighted by molar-refractivity contribution is 6.29. The van der Waals surface area contributed by atoms with Gasteiger partial charge in [0.1, 0.15) is 16.8 Å². The number of hydrogen-bond donors (Lipinski definition) is 1. The van der Waals surface area contributed by atoms with E-state index < -0.39 is 0 Å². The average Bonchev–Trinajstić information content (AvgIpc) is 2.49. The second kappa shape index (κ2) is 3.26. The molecule has 0 bridgehead atoms. The Kier molecular flexibility index (Phi) is 2.09. The van der Waals surface area contributed by atoms with Crippen molar-refractivity contribution in [2.75, 3.05) is 5.73 Å². The fourth-order valence-corrected chi connectivity index (χ4v) is 1.35. The van der Waals surface area contributed by atoms with Gasteiger partial charge in [-0.05, 0) is 6.92 Å². The first-order valence-electron chi connectivity index (χ1n) is 3.97. The lowest BCUT2D eigenvalue weighted by atomic mass is 10.5. The Morgan fingerprint density at radius 3 is 2.79 bits per heavy atom. The third-order valence-corrected chi connectivity index (χ3v) is 1.96. The lowest BCUT2D eigenvalue weighted by Crippen LogP contribution is -2.03. The lowest BCUT2D eigenvalue weighted by Gasteiger charge is -2.04. The van der Waals surface area contributed by atoms with E-state index in [1.807, 2.05) is 6.92 Å². The van der Waals surface area contributed by atoms with E-state index in [1.54, 1.807) is 23.0 Å². The van der Waals surface area contributed by atoms with E-state index in [9.17, 15) is 0 Å². The van der Waals surface area contributed by atoms with Gasteiger partial charge in [-0.2, -0.15) is 4.98 Å². The van der Waals surface area contributed by atoms with Gasteiger partial charge in [0.05, 0.1) is 0 Å². The van der Waals surface area contributed by atoms with Gasteiger partial charge >= 0.3 is 0 Å². The molecule has 0 atom stereocenters. The van der Waals surface area contributed by atoms with Crippen molar-refractivity contribution >= 4 is 17.5 Å². The Bertz CT molecular complexity index is 444. The highest BCUT2D eigenvalue weighted by atomic mass is 35.5. The molecule has 6 heteroatoms. The van der Waals surface area contributed by atoms with Crippen LogP contribution < -0.4 is 5.73 Å². The second-order valence-corrected chi connectivity index (χ2v) is 3.14. The zero-order chi connectivity index (χ0) is 10.1. The number of nitrogens with zero attached hydrogens (tertiary/aromatic N) is 4. The zero-order valence-corrected chi connectivity index (χ0v) is 8.23. The van der Waals surface area contributed by atoms with Crippen LogP contribution in [0.3, 0.4) is 0 Å². The first-order valence-corrected chi connectivity index (χ1v) is 4.35. The summed E-state index contributed by atoms with van der Waals surface area (Å²) < 4.78 is 1.78. The van der Waals surface area contributed by atoms with Gasteiger partial charge in [0.25, 0.3) is 0 Å². The largest absolute Gasteiger partial charge is 0.368 e. The average molecular weight is 210 g/mol. The fourth-order valence-electron chi connectivity index (χ4n) is 1.17. The minimum Gasteiger partial charge on any atom is -0.368 e. The Balaban J connectivity index is 2.57. The Labute approximate surface area is 85.6 Å². The second-order valence-electron chi connectivity index (χ2n) is 2.75. The Morgan fingerprint density at radius 1 is 1.43 bits per heavy atom. The molecule has 0 aliphatic rings. The number of aryl methyl sites for hydroxylation is 1. The standard InChI is InChI=1S/C8H8ClN5/c1-5-11-2-3-14(5)7-4-6(9)12-8(10)13-7/h2-4H,1H3,(H2,10,12,13). The summed E-state index contributed by atoms with van der Waals surface area (Å²) in [4.78, 5) is 11.9. The maximum Gasteiger partial charge on any atom is 0.223 e. The van der Waals surface area contributed by atoms with Crippen LogP contribution >= 0.6 is 11.6 Å². The maximum atomic E-state index is 5.75. The molecule has 2 heterocycles. The number of hydrogen-bond acceptors (Lipinski definition) is 4. The summed E-state index contributed by atoms with van der Waals surface area (Å²) in [6, 6.07) is 1.63. The van der Waals surface area contributed by atoms with E-state index in [0.29, 0.717) is 11.0 Å². The van der Waals surface area contributed by atoms with E-state index in [-0.39, 0.29) is 5.95 Å². The summed E-state index contributed by atoms with van der Waals surface area (Å²) in [5.74, 6) is 1.59. The number of rotatable bonds is 1. The molecule has 72 valence electrons. The van der Waals surface area contributed by atoms with Gasteiger partial charge in [0, 0.05) is 18.5 Å². The first kappa shape index (κ1) is 8.96. The van der Waals surface area contributed by atoms with Crippen LogP contribution in [0, 0.1) is 6.92 Å². The lowest BCUT2D eigenvalue weighted by molar-refractivity contribution is 0.925. The molecule has 0 fully saturated rings. The number of imidazole rings is 1. The van der Waals surface area contributed by atoms with E-state index in [1.165, 1.54) is 0 Å². The molecule has 14 heavy (non-hydrogen) atoms. The Morgan fingerprint density at radius 2 is 2.21 bits per heavy atom. The third kappa shape index (κ3) is 1.54. The molecular formula is C8H8ClN5. The summed E-state index contributed by atoms with van der Waals surface area (Å²) in [6.07, 6.45) is 3.47. The SMILES string of the molecule is Cc1nccn1-c1cc(Cl)nc(N)n1. The smallest absolute Gasteiger partial charge is 0.223 e. The quantitative estimate of drug-likeness (QED) is 0.717. The third-order valence-electron chi connectivity index (χ3n) is 1.77. The molecule has 2 rings (SSSR count). The summed E-state index contributed by atoms with van der Waals surface area (Å²) in [5.41, 5.74) is 5.48. The van der Waals surface area contributed by atoms with Crippen molar-refractivity contribution < 1.29 is 0 Å². The van der Waals surface area contributed by atoms with Crippen LogP contribution in [0.15, 0.2) is 18.5 Å². The molecule has 0 aromatic carbocycles. The van der Waals surface area contributed by atoms with Crippen molar-refractivity contribution in [2.45, 2.75) is 6.92 Å². The van der Waals surface area contributed by atoms with Crippen molar-refractivity contribution in [1.82, 2.24) is 19.5 Å². The van der Waals surface area contributed by atoms with Crippen LogP contribution in [0.1, 0.15) is 5.82 Å². The maximum absolute atomic E-state index is 5.75. The topological polar surface area (TPSA) is 69.6 Å². The summed E-state index contributed by atoms with van der Waals surface area (Å²) in [6.45, 7) is 1.87. The molecule has 0 aliphatic heterocycles. The van der Waals surface area contributed by atoms with Crippen LogP contribution in [0.4, 0.5) is 5.95 Å². The van der Waals surface area contributed by atoms with Gasteiger partial charge in [-0.3, -0.25) is 4.57 Å². The van der Waals surface area contributed by atoms with E-state index >= 15 is 0 Å². The van der Waals surface area contributed by atoms with Crippen LogP contribution in [0.2, 0.25) is 5.15 Å². The van der Waals surface area contributed by atoms with Gasteiger partial charge in [-0.15, -0.1) is 0 Å². The molecule has 0 saturated heterocycles. The van der Waals surface area contributed by atoms with Crippen LogP contribution in [-0.2, 0) is 0 Å². The van der Waals surface area contributed by atoms with Crippen molar-refractivity contribution in [3.05, 3.63) is 29.4 Å². The fraction of sp³-hybridized carbons (Fsp3) is 0.125. The first-order chi connectivity index (χ1) is 6.66. The summed E-state index contributed by atoms with van der Waals surface area (Å²) in [7, 11) is 0. The predicted octanol–water partition coefficient (Wildman–Crippen LogP) is 1.21. The van der Waals surface area contributed by atoms with Gasteiger partial charge in [-0.1, -0.05) is 11.6 Å². The van der Waals surface area contributed by atoms with Gasteiger partial charge in [0.2, 0.25) is 5.95 Å². The normalized spacial score (nSPS) is 10.4. The molecule has 0 saturated carbocycles. The van der Waals surface area contributed by atoms with Gasteiger partial charge in [-0.25, -0.2) is 9.97 Å². The molecule has 2 aromatic rings.